The molecule has 0 aliphatic rings. The summed E-state index contributed by atoms with van der Waals surface area (Å²) in [7, 11) is 0. The molecule has 0 radical (unpaired) electrons. The third-order valence-corrected chi connectivity index (χ3v) is 2.54. The molecule has 1 heterocycles. The molecule has 3 N–H and O–H groups in total. The second-order valence-corrected chi connectivity index (χ2v) is 3.94. The van der Waals surface area contributed by atoms with E-state index in [1.54, 1.807) is 6.20 Å². The van der Waals surface area contributed by atoms with E-state index in [2.05, 4.69) is 15.3 Å². The second kappa shape index (κ2) is 6.70. The van der Waals surface area contributed by atoms with E-state index in [0.717, 1.165) is 17.0 Å². The second-order valence-electron chi connectivity index (χ2n) is 3.94. The summed E-state index contributed by atoms with van der Waals surface area (Å²) in [6, 6.07) is 9.73. The highest BCUT2D eigenvalue weighted by Crippen LogP contribution is 2.21. The zero-order valence-corrected chi connectivity index (χ0v) is 11.0. The first kappa shape index (κ1) is 13.3. The van der Waals surface area contributed by atoms with Gasteiger partial charge in [0.05, 0.1) is 12.3 Å². The molecule has 0 saturated heterocycles. The minimum atomic E-state index is 0.552. The fraction of sp³-hybridized carbons (Fsp3) is 0.286. The Balaban J connectivity index is 2.16. The van der Waals surface area contributed by atoms with E-state index in [-0.39, 0.29) is 0 Å². The molecule has 1 aromatic carbocycles. The Labute approximate surface area is 112 Å². The van der Waals surface area contributed by atoms with Crippen molar-refractivity contribution in [3.8, 4) is 17.0 Å². The SMILES string of the molecule is CCOc1ccc(-c2ccnc(NCCN)n2)cc1. The van der Waals surface area contributed by atoms with Crippen molar-refractivity contribution < 1.29 is 4.74 Å². The number of nitrogens with zero attached hydrogens (tertiary/aromatic N) is 2. The highest BCUT2D eigenvalue weighted by molar-refractivity contribution is 5.60. The van der Waals surface area contributed by atoms with Gasteiger partial charge < -0.3 is 15.8 Å². The molecule has 0 unspecified atom stereocenters. The maximum atomic E-state index is 5.44. The summed E-state index contributed by atoms with van der Waals surface area (Å²) in [6.07, 6.45) is 1.73. The first-order valence-electron chi connectivity index (χ1n) is 6.33. The summed E-state index contributed by atoms with van der Waals surface area (Å²) >= 11 is 0. The van der Waals surface area contributed by atoms with Crippen molar-refractivity contribution in [3.63, 3.8) is 0 Å². The number of hydrogen-bond donors (Lipinski definition) is 2. The molecule has 5 nitrogen and oxygen atoms in total. The van der Waals surface area contributed by atoms with Gasteiger partial charge in [-0.2, -0.15) is 0 Å². The van der Waals surface area contributed by atoms with E-state index in [4.69, 9.17) is 10.5 Å². The number of ether oxygens (including phenoxy) is 1. The fourth-order valence-corrected chi connectivity index (χ4v) is 1.68. The molecule has 0 atom stereocenters. The van der Waals surface area contributed by atoms with Crippen LogP contribution in [-0.2, 0) is 0 Å². The van der Waals surface area contributed by atoms with Crippen molar-refractivity contribution >= 4 is 5.95 Å². The van der Waals surface area contributed by atoms with Crippen molar-refractivity contribution in [2.75, 3.05) is 25.0 Å². The molecule has 5 heteroatoms. The van der Waals surface area contributed by atoms with Crippen LogP contribution in [0, 0.1) is 0 Å². The first-order chi connectivity index (χ1) is 9.33. The fourth-order valence-electron chi connectivity index (χ4n) is 1.68. The van der Waals surface area contributed by atoms with E-state index in [1.807, 2.05) is 37.3 Å². The third kappa shape index (κ3) is 3.66. The normalized spacial score (nSPS) is 10.2. The van der Waals surface area contributed by atoms with Crippen LogP contribution >= 0.6 is 0 Å². The summed E-state index contributed by atoms with van der Waals surface area (Å²) in [6.45, 7) is 3.84. The Morgan fingerprint density at radius 1 is 1.21 bits per heavy atom. The predicted octanol–water partition coefficient (Wildman–Crippen LogP) is 1.91. The molecule has 0 aliphatic heterocycles. The number of rotatable bonds is 6. The molecule has 0 fully saturated rings. The molecule has 0 aliphatic carbocycles. The van der Waals surface area contributed by atoms with Crippen LogP contribution in [0.5, 0.6) is 5.75 Å². The predicted molar refractivity (Wildman–Crippen MR) is 76.2 cm³/mol. The average molecular weight is 258 g/mol. The summed E-state index contributed by atoms with van der Waals surface area (Å²) in [5.41, 5.74) is 7.34. The van der Waals surface area contributed by atoms with Crippen molar-refractivity contribution in [3.05, 3.63) is 36.5 Å². The minimum absolute atomic E-state index is 0.552. The van der Waals surface area contributed by atoms with Crippen LogP contribution in [-0.4, -0.2) is 29.7 Å². The van der Waals surface area contributed by atoms with E-state index in [0.29, 0.717) is 25.6 Å². The van der Waals surface area contributed by atoms with Gasteiger partial charge in [-0.1, -0.05) is 0 Å². The lowest BCUT2D eigenvalue weighted by atomic mass is 10.1. The molecule has 19 heavy (non-hydrogen) atoms. The average Bonchev–Trinajstić information content (AvgIpc) is 2.46. The van der Waals surface area contributed by atoms with Crippen LogP contribution in [0.2, 0.25) is 0 Å². The molecule has 0 amide bonds. The van der Waals surface area contributed by atoms with Gasteiger partial charge in [0, 0.05) is 24.8 Å². The van der Waals surface area contributed by atoms with Gasteiger partial charge in [0.2, 0.25) is 5.95 Å². The monoisotopic (exact) mass is 258 g/mol. The van der Waals surface area contributed by atoms with Gasteiger partial charge >= 0.3 is 0 Å². The molecule has 2 aromatic rings. The lowest BCUT2D eigenvalue weighted by Crippen LogP contribution is -2.14. The Hall–Kier alpha value is -2.14. The largest absolute Gasteiger partial charge is 0.494 e. The van der Waals surface area contributed by atoms with Crippen molar-refractivity contribution in [1.29, 1.82) is 0 Å². The summed E-state index contributed by atoms with van der Waals surface area (Å²) in [5, 5.41) is 3.06. The minimum Gasteiger partial charge on any atom is -0.494 e. The maximum absolute atomic E-state index is 5.44. The molecule has 0 saturated carbocycles. The molecule has 0 bridgehead atoms. The summed E-state index contributed by atoms with van der Waals surface area (Å²) in [4.78, 5) is 8.58. The number of hydrogen-bond acceptors (Lipinski definition) is 5. The van der Waals surface area contributed by atoms with Gasteiger partial charge in [-0.25, -0.2) is 9.97 Å². The number of aromatic nitrogens is 2. The van der Waals surface area contributed by atoms with Crippen molar-refractivity contribution in [2.45, 2.75) is 6.92 Å². The Kier molecular flexibility index (Phi) is 4.69. The zero-order chi connectivity index (χ0) is 13.5. The summed E-state index contributed by atoms with van der Waals surface area (Å²) in [5.74, 6) is 1.46. The first-order valence-corrected chi connectivity index (χ1v) is 6.33. The maximum Gasteiger partial charge on any atom is 0.223 e. The van der Waals surface area contributed by atoms with E-state index in [9.17, 15) is 0 Å². The molecule has 0 spiro atoms. The van der Waals surface area contributed by atoms with Gasteiger partial charge in [-0.05, 0) is 37.3 Å². The van der Waals surface area contributed by atoms with Gasteiger partial charge in [0.25, 0.3) is 0 Å². The number of anilines is 1. The Morgan fingerprint density at radius 3 is 2.68 bits per heavy atom. The van der Waals surface area contributed by atoms with Gasteiger partial charge in [-0.3, -0.25) is 0 Å². The van der Waals surface area contributed by atoms with Gasteiger partial charge in [0.1, 0.15) is 5.75 Å². The van der Waals surface area contributed by atoms with E-state index < -0.39 is 0 Å². The van der Waals surface area contributed by atoms with E-state index >= 15 is 0 Å². The van der Waals surface area contributed by atoms with Crippen molar-refractivity contribution in [1.82, 2.24) is 9.97 Å². The van der Waals surface area contributed by atoms with Crippen LogP contribution in [0.3, 0.4) is 0 Å². The molecule has 1 aromatic heterocycles. The third-order valence-electron chi connectivity index (χ3n) is 2.54. The van der Waals surface area contributed by atoms with Crippen LogP contribution in [0.4, 0.5) is 5.95 Å². The highest BCUT2D eigenvalue weighted by Gasteiger charge is 2.02. The van der Waals surface area contributed by atoms with Crippen molar-refractivity contribution in [2.24, 2.45) is 5.73 Å². The topological polar surface area (TPSA) is 73.1 Å². The van der Waals surface area contributed by atoms with E-state index in [1.165, 1.54) is 0 Å². The number of benzene rings is 1. The van der Waals surface area contributed by atoms with Gasteiger partial charge in [0.15, 0.2) is 0 Å². The quantitative estimate of drug-likeness (QED) is 0.828. The number of nitrogens with one attached hydrogen (secondary N) is 1. The van der Waals surface area contributed by atoms with Crippen LogP contribution in [0.1, 0.15) is 6.92 Å². The Morgan fingerprint density at radius 2 is 2.00 bits per heavy atom. The zero-order valence-electron chi connectivity index (χ0n) is 11.0. The lowest BCUT2D eigenvalue weighted by molar-refractivity contribution is 0.340. The molecular weight excluding hydrogens is 240 g/mol. The van der Waals surface area contributed by atoms with Crippen LogP contribution < -0.4 is 15.8 Å². The summed E-state index contributed by atoms with van der Waals surface area (Å²) < 4.78 is 5.41. The standard InChI is InChI=1S/C14H18N4O/c1-2-19-12-5-3-11(4-6-12)13-7-9-16-14(18-13)17-10-8-15/h3-7,9H,2,8,10,15H2,1H3,(H,16,17,18). The molecule has 2 rings (SSSR count). The Bertz CT molecular complexity index is 513. The smallest absolute Gasteiger partial charge is 0.223 e. The molecule has 100 valence electrons. The van der Waals surface area contributed by atoms with Crippen LogP contribution in [0.25, 0.3) is 11.3 Å². The van der Waals surface area contributed by atoms with Gasteiger partial charge in [-0.15, -0.1) is 0 Å². The number of nitrogens with two attached hydrogens (primary N) is 1. The lowest BCUT2D eigenvalue weighted by Gasteiger charge is -2.07. The molecular formula is C14H18N4O. The van der Waals surface area contributed by atoms with Crippen LogP contribution in [0.15, 0.2) is 36.5 Å². The highest BCUT2D eigenvalue weighted by atomic mass is 16.5.